The summed E-state index contributed by atoms with van der Waals surface area (Å²) in [4.78, 5) is 4.89. The number of likely N-dealkylation sites (N-methyl/N-ethyl adjacent to an activating group) is 1. The predicted octanol–water partition coefficient (Wildman–Crippen LogP) is 3.85. The highest BCUT2D eigenvalue weighted by atomic mass is 15.5. The van der Waals surface area contributed by atoms with E-state index >= 15 is 0 Å². The van der Waals surface area contributed by atoms with E-state index in [4.69, 9.17) is 5.73 Å². The predicted molar refractivity (Wildman–Crippen MR) is 130 cm³/mol. The monoisotopic (exact) mass is 429 g/mol. The van der Waals surface area contributed by atoms with Gasteiger partial charge in [-0.3, -0.25) is 20.4 Å². The van der Waals surface area contributed by atoms with E-state index in [1.807, 2.05) is 0 Å². The summed E-state index contributed by atoms with van der Waals surface area (Å²) in [5, 5.41) is 6.92. The Bertz CT molecular complexity index is 700. The molecular weight excluding hydrogens is 382 g/mol. The second-order valence-electron chi connectivity index (χ2n) is 12.0. The van der Waals surface area contributed by atoms with Crippen molar-refractivity contribution < 1.29 is 0 Å². The van der Waals surface area contributed by atoms with Gasteiger partial charge in [0.05, 0.1) is 25.0 Å². The highest BCUT2D eigenvalue weighted by molar-refractivity contribution is 5.17. The lowest BCUT2D eigenvalue weighted by molar-refractivity contribution is -0.0539. The second kappa shape index (κ2) is 8.90. The van der Waals surface area contributed by atoms with Crippen LogP contribution in [-0.2, 0) is 0 Å². The summed E-state index contributed by atoms with van der Waals surface area (Å²) in [6.45, 7) is 17.3. The number of hydrogen-bond donors (Lipinski definition) is 3. The Labute approximate surface area is 190 Å². The molecule has 0 bridgehead atoms. The molecule has 0 aromatic rings. The van der Waals surface area contributed by atoms with Crippen molar-refractivity contribution in [1.29, 1.82) is 0 Å². The molecule has 2 saturated heterocycles. The van der Waals surface area contributed by atoms with Crippen LogP contribution in [0.4, 0.5) is 0 Å². The van der Waals surface area contributed by atoms with Crippen molar-refractivity contribution in [1.82, 2.24) is 20.4 Å². The fourth-order valence-electron chi connectivity index (χ4n) is 7.77. The molecular formula is C26H47N5. The van der Waals surface area contributed by atoms with Crippen molar-refractivity contribution in [2.75, 3.05) is 26.9 Å². The van der Waals surface area contributed by atoms with Gasteiger partial charge in [-0.1, -0.05) is 51.0 Å². The number of allylic oxidation sites excluding steroid dienone is 2. The molecule has 2 heterocycles. The van der Waals surface area contributed by atoms with Gasteiger partial charge in [-0.2, -0.15) is 0 Å². The Hall–Kier alpha value is -0.720. The van der Waals surface area contributed by atoms with Crippen LogP contribution in [-0.4, -0.2) is 55.1 Å². The van der Waals surface area contributed by atoms with Gasteiger partial charge in [0.25, 0.3) is 0 Å². The van der Waals surface area contributed by atoms with E-state index in [0.29, 0.717) is 29.0 Å². The Balaban J connectivity index is 1.38. The molecule has 4 fully saturated rings. The van der Waals surface area contributed by atoms with Crippen LogP contribution in [0.1, 0.15) is 72.6 Å². The van der Waals surface area contributed by atoms with Crippen molar-refractivity contribution >= 4 is 0 Å². The molecule has 5 heteroatoms. The summed E-state index contributed by atoms with van der Waals surface area (Å²) in [6, 6.07) is 0.324. The number of fused-ring (bicyclic) bond motifs is 2. The molecule has 4 aliphatic rings. The minimum absolute atomic E-state index is 0.0296. The van der Waals surface area contributed by atoms with Crippen LogP contribution >= 0.6 is 0 Å². The van der Waals surface area contributed by atoms with Gasteiger partial charge in [-0.25, -0.2) is 0 Å². The molecule has 0 radical (unpaired) electrons. The first-order valence-electron chi connectivity index (χ1n) is 12.6. The van der Waals surface area contributed by atoms with E-state index in [-0.39, 0.29) is 6.17 Å². The summed E-state index contributed by atoms with van der Waals surface area (Å²) in [5.41, 5.74) is 10.4. The maximum absolute atomic E-state index is 6.40. The van der Waals surface area contributed by atoms with Crippen LogP contribution in [0.25, 0.3) is 0 Å². The molecule has 2 aliphatic carbocycles. The number of nitrogens with one attached hydrogen (secondary N) is 2. The van der Waals surface area contributed by atoms with Gasteiger partial charge < -0.3 is 5.73 Å². The summed E-state index contributed by atoms with van der Waals surface area (Å²) in [5.74, 6) is 1.52. The van der Waals surface area contributed by atoms with Crippen LogP contribution in [0.15, 0.2) is 23.8 Å². The Morgan fingerprint density at radius 2 is 2.03 bits per heavy atom. The van der Waals surface area contributed by atoms with Gasteiger partial charge in [0, 0.05) is 13.2 Å². The van der Waals surface area contributed by atoms with Crippen molar-refractivity contribution in [3.63, 3.8) is 0 Å². The van der Waals surface area contributed by atoms with Crippen LogP contribution in [0.3, 0.4) is 0 Å². The lowest BCUT2D eigenvalue weighted by Gasteiger charge is -2.58. The first kappa shape index (κ1) is 23.4. The third-order valence-electron chi connectivity index (χ3n) is 9.46. The molecule has 4 N–H and O–H groups in total. The third kappa shape index (κ3) is 4.41. The second-order valence-corrected chi connectivity index (χ2v) is 12.0. The molecule has 0 aromatic heterocycles. The van der Waals surface area contributed by atoms with Crippen LogP contribution < -0.4 is 16.4 Å². The molecule has 4 rings (SSSR count). The molecule has 6 atom stereocenters. The zero-order chi connectivity index (χ0) is 22.4. The highest BCUT2D eigenvalue weighted by Crippen LogP contribution is 2.61. The average molecular weight is 430 g/mol. The van der Waals surface area contributed by atoms with E-state index in [1.54, 1.807) is 0 Å². The van der Waals surface area contributed by atoms with E-state index in [1.165, 1.54) is 56.1 Å². The molecule has 0 aromatic carbocycles. The summed E-state index contributed by atoms with van der Waals surface area (Å²) >= 11 is 0. The van der Waals surface area contributed by atoms with Crippen molar-refractivity contribution in [3.8, 4) is 0 Å². The number of rotatable bonds is 5. The summed E-state index contributed by atoms with van der Waals surface area (Å²) < 4.78 is 0. The molecule has 31 heavy (non-hydrogen) atoms. The minimum Gasteiger partial charge on any atom is -0.314 e. The Morgan fingerprint density at radius 3 is 2.81 bits per heavy atom. The fraction of sp³-hybridized carbons (Fsp3) is 0.846. The molecule has 0 spiro atoms. The van der Waals surface area contributed by atoms with E-state index in [2.05, 4.69) is 67.8 Å². The van der Waals surface area contributed by atoms with E-state index in [9.17, 15) is 0 Å². The summed E-state index contributed by atoms with van der Waals surface area (Å²) in [7, 11) is 2.19. The average Bonchev–Trinajstić information content (AvgIpc) is 3.02. The molecule has 2 saturated carbocycles. The lowest BCUT2D eigenvalue weighted by Crippen LogP contribution is -2.67. The van der Waals surface area contributed by atoms with Gasteiger partial charge in [0.15, 0.2) is 0 Å². The molecule has 6 unspecified atom stereocenters. The van der Waals surface area contributed by atoms with Gasteiger partial charge in [0.1, 0.15) is 0 Å². The SMILES string of the molecule is C=C1CCC2C(C)(C)CCCC2(C)C1CCC(C)=CCN1CN(C)C2NCNC(N)C21. The van der Waals surface area contributed by atoms with Crippen molar-refractivity contribution in [2.45, 2.75) is 91.0 Å². The maximum atomic E-state index is 6.40. The smallest absolute Gasteiger partial charge is 0.0804 e. The quantitative estimate of drug-likeness (QED) is 0.580. The first-order chi connectivity index (χ1) is 14.6. The standard InChI is InChI=1S/C26H47N5/c1-18(12-15-31-17-30(6)24-22(31)23(27)28-16-29-24)8-10-20-19(2)9-11-21-25(3,4)13-7-14-26(20,21)5/h12,20-24,28-29H,2,7-11,13-17,27H2,1,3-6H3. The Morgan fingerprint density at radius 1 is 1.26 bits per heavy atom. The maximum Gasteiger partial charge on any atom is 0.0804 e. The number of nitrogens with zero attached hydrogens (tertiary/aromatic N) is 2. The van der Waals surface area contributed by atoms with Gasteiger partial charge in [-0.05, 0) is 75.2 Å². The molecule has 5 nitrogen and oxygen atoms in total. The van der Waals surface area contributed by atoms with Crippen LogP contribution in [0.5, 0.6) is 0 Å². The normalized spacial score (nSPS) is 41.8. The fourth-order valence-corrected chi connectivity index (χ4v) is 7.77. The highest BCUT2D eigenvalue weighted by Gasteiger charge is 2.52. The topological polar surface area (TPSA) is 56.6 Å². The molecule has 0 amide bonds. The van der Waals surface area contributed by atoms with Crippen LogP contribution in [0, 0.1) is 22.7 Å². The summed E-state index contributed by atoms with van der Waals surface area (Å²) in [6.07, 6.45) is 12.0. The van der Waals surface area contributed by atoms with E-state index < -0.39 is 0 Å². The minimum atomic E-state index is 0.0296. The van der Waals surface area contributed by atoms with Gasteiger partial charge >= 0.3 is 0 Å². The third-order valence-corrected chi connectivity index (χ3v) is 9.46. The number of nitrogens with two attached hydrogens (primary N) is 1. The van der Waals surface area contributed by atoms with Crippen LogP contribution in [0.2, 0.25) is 0 Å². The van der Waals surface area contributed by atoms with Crippen molar-refractivity contribution in [3.05, 3.63) is 23.8 Å². The molecule has 2 aliphatic heterocycles. The zero-order valence-electron chi connectivity index (χ0n) is 20.7. The van der Waals surface area contributed by atoms with Gasteiger partial charge in [0.2, 0.25) is 0 Å². The van der Waals surface area contributed by atoms with Gasteiger partial charge in [-0.15, -0.1) is 0 Å². The zero-order valence-corrected chi connectivity index (χ0v) is 20.7. The van der Waals surface area contributed by atoms with Crippen molar-refractivity contribution in [2.24, 2.45) is 28.4 Å². The van der Waals surface area contributed by atoms with E-state index in [0.717, 1.165) is 25.8 Å². The molecule has 176 valence electrons. The lowest BCUT2D eigenvalue weighted by atomic mass is 9.47. The largest absolute Gasteiger partial charge is 0.314 e. The number of hydrogen-bond acceptors (Lipinski definition) is 5. The Kier molecular flexibility index (Phi) is 6.73. The first-order valence-corrected chi connectivity index (χ1v) is 12.6.